The lowest BCUT2D eigenvalue weighted by Gasteiger charge is -2.25. The number of carbonyl (C=O) groups is 1. The number of carbonyl (C=O) groups excluding carboxylic acids is 1. The number of amides is 1. The highest BCUT2D eigenvalue weighted by Crippen LogP contribution is 2.22. The zero-order valence-electron chi connectivity index (χ0n) is 12.8. The van der Waals surface area contributed by atoms with Gasteiger partial charge in [-0.05, 0) is 17.5 Å². The number of benzene rings is 1. The van der Waals surface area contributed by atoms with Crippen LogP contribution in [-0.2, 0) is 4.79 Å². The van der Waals surface area contributed by atoms with Crippen LogP contribution in [0.1, 0.15) is 26.7 Å². The number of aromatic nitrogens is 1. The summed E-state index contributed by atoms with van der Waals surface area (Å²) in [5, 5.41) is 2.82. The molecule has 1 atom stereocenters. The summed E-state index contributed by atoms with van der Waals surface area (Å²) in [6.07, 6.45) is 1.61. The molecule has 0 radical (unpaired) electrons. The Morgan fingerprint density at radius 3 is 2.38 bits per heavy atom. The number of anilines is 1. The number of nitrogens with zero attached hydrogens (tertiary/aromatic N) is 1. The minimum atomic E-state index is -0.560. The molecule has 112 valence electrons. The minimum absolute atomic E-state index is 0.187. The Kier molecular flexibility index (Phi) is 4.14. The molecule has 0 aliphatic rings. The Hall–Kier alpha value is -2.14. The predicted molar refractivity (Wildman–Crippen MR) is 82.7 cm³/mol. The normalized spacial score (nSPS) is 13.0. The van der Waals surface area contributed by atoms with Gasteiger partial charge in [0.25, 0.3) is 0 Å². The third-order valence-corrected chi connectivity index (χ3v) is 3.28. The van der Waals surface area contributed by atoms with Crippen LogP contribution in [0, 0.1) is 12.3 Å². The van der Waals surface area contributed by atoms with Crippen molar-refractivity contribution in [1.29, 1.82) is 0 Å². The van der Waals surface area contributed by atoms with Gasteiger partial charge in [0.05, 0.1) is 6.04 Å². The molecule has 0 saturated carbocycles. The standard InChI is InChI=1S/C16H21N3O2/c1-10-18-13(9-21-10)11-5-7-12(8-6-11)19-15(20)14(17)16(2,3)4/h5-9,14H,17H2,1-4H3,(H,19,20)/t14-/m0/s1. The summed E-state index contributed by atoms with van der Waals surface area (Å²) >= 11 is 0. The van der Waals surface area contributed by atoms with E-state index in [2.05, 4.69) is 10.3 Å². The van der Waals surface area contributed by atoms with Gasteiger partial charge in [0, 0.05) is 18.2 Å². The molecule has 1 aromatic heterocycles. The lowest BCUT2D eigenvalue weighted by molar-refractivity contribution is -0.119. The number of rotatable bonds is 3. The maximum absolute atomic E-state index is 12.1. The molecule has 2 rings (SSSR count). The van der Waals surface area contributed by atoms with E-state index in [0.29, 0.717) is 11.6 Å². The molecule has 0 bridgehead atoms. The number of hydrogen-bond acceptors (Lipinski definition) is 4. The van der Waals surface area contributed by atoms with Crippen molar-refractivity contribution in [2.24, 2.45) is 11.1 Å². The van der Waals surface area contributed by atoms with Gasteiger partial charge in [-0.25, -0.2) is 4.98 Å². The average molecular weight is 287 g/mol. The van der Waals surface area contributed by atoms with Crippen LogP contribution >= 0.6 is 0 Å². The summed E-state index contributed by atoms with van der Waals surface area (Å²) in [6, 6.07) is 6.86. The van der Waals surface area contributed by atoms with Crippen molar-refractivity contribution in [3.63, 3.8) is 0 Å². The van der Waals surface area contributed by atoms with E-state index >= 15 is 0 Å². The number of nitrogens with two attached hydrogens (primary N) is 1. The summed E-state index contributed by atoms with van der Waals surface area (Å²) in [6.45, 7) is 7.61. The molecule has 0 saturated heterocycles. The van der Waals surface area contributed by atoms with Gasteiger partial charge in [-0.15, -0.1) is 0 Å². The van der Waals surface area contributed by atoms with Gasteiger partial charge < -0.3 is 15.5 Å². The minimum Gasteiger partial charge on any atom is -0.449 e. The molecule has 1 amide bonds. The first-order valence-electron chi connectivity index (χ1n) is 6.86. The first kappa shape index (κ1) is 15.3. The first-order valence-corrected chi connectivity index (χ1v) is 6.86. The molecule has 1 heterocycles. The monoisotopic (exact) mass is 287 g/mol. The van der Waals surface area contributed by atoms with Gasteiger partial charge in [-0.3, -0.25) is 4.79 Å². The Balaban J connectivity index is 2.08. The molecule has 0 aliphatic heterocycles. The van der Waals surface area contributed by atoms with Gasteiger partial charge in [-0.1, -0.05) is 32.9 Å². The zero-order chi connectivity index (χ0) is 15.6. The fourth-order valence-corrected chi connectivity index (χ4v) is 1.83. The van der Waals surface area contributed by atoms with Gasteiger partial charge in [0.15, 0.2) is 5.89 Å². The van der Waals surface area contributed by atoms with E-state index in [4.69, 9.17) is 10.2 Å². The molecule has 2 aromatic rings. The molecule has 1 aromatic carbocycles. The Bertz CT molecular complexity index is 624. The Morgan fingerprint density at radius 2 is 1.90 bits per heavy atom. The van der Waals surface area contributed by atoms with E-state index in [1.54, 1.807) is 13.2 Å². The highest BCUT2D eigenvalue weighted by molar-refractivity contribution is 5.95. The van der Waals surface area contributed by atoms with Crippen LogP contribution in [-0.4, -0.2) is 16.9 Å². The maximum Gasteiger partial charge on any atom is 0.241 e. The fraction of sp³-hybridized carbons (Fsp3) is 0.375. The van der Waals surface area contributed by atoms with Crippen LogP contribution < -0.4 is 11.1 Å². The second-order valence-electron chi connectivity index (χ2n) is 6.16. The van der Waals surface area contributed by atoms with E-state index in [-0.39, 0.29) is 11.3 Å². The van der Waals surface area contributed by atoms with E-state index in [1.165, 1.54) is 0 Å². The summed E-state index contributed by atoms with van der Waals surface area (Å²) in [5.41, 5.74) is 8.08. The molecule has 21 heavy (non-hydrogen) atoms. The van der Waals surface area contributed by atoms with Crippen LogP contribution in [0.5, 0.6) is 0 Å². The molecular formula is C16H21N3O2. The smallest absolute Gasteiger partial charge is 0.241 e. The van der Waals surface area contributed by atoms with Crippen LogP contribution in [0.15, 0.2) is 34.9 Å². The summed E-state index contributed by atoms with van der Waals surface area (Å²) in [4.78, 5) is 16.3. The third-order valence-electron chi connectivity index (χ3n) is 3.28. The highest BCUT2D eigenvalue weighted by atomic mass is 16.3. The van der Waals surface area contributed by atoms with Crippen LogP contribution in [0.4, 0.5) is 5.69 Å². The van der Waals surface area contributed by atoms with Crippen molar-refractivity contribution >= 4 is 11.6 Å². The van der Waals surface area contributed by atoms with Gasteiger partial charge >= 0.3 is 0 Å². The lowest BCUT2D eigenvalue weighted by Crippen LogP contribution is -2.45. The average Bonchev–Trinajstić information content (AvgIpc) is 2.84. The van der Waals surface area contributed by atoms with Crippen molar-refractivity contribution in [3.05, 3.63) is 36.4 Å². The molecule has 0 unspecified atom stereocenters. The molecule has 5 heteroatoms. The number of nitrogens with one attached hydrogen (secondary N) is 1. The number of aryl methyl sites for hydroxylation is 1. The van der Waals surface area contributed by atoms with Crippen molar-refractivity contribution in [2.45, 2.75) is 33.7 Å². The predicted octanol–water partition coefficient (Wildman–Crippen LogP) is 2.96. The maximum atomic E-state index is 12.1. The summed E-state index contributed by atoms with van der Waals surface area (Å²) in [5.74, 6) is 0.436. The molecule has 5 nitrogen and oxygen atoms in total. The lowest BCUT2D eigenvalue weighted by atomic mass is 9.87. The number of oxazole rings is 1. The molecule has 3 N–H and O–H groups in total. The second-order valence-corrected chi connectivity index (χ2v) is 6.16. The van der Waals surface area contributed by atoms with Crippen LogP contribution in [0.25, 0.3) is 11.3 Å². The van der Waals surface area contributed by atoms with Crippen LogP contribution in [0.3, 0.4) is 0 Å². The number of hydrogen-bond donors (Lipinski definition) is 2. The highest BCUT2D eigenvalue weighted by Gasteiger charge is 2.27. The van der Waals surface area contributed by atoms with E-state index in [1.807, 2.05) is 45.0 Å². The van der Waals surface area contributed by atoms with E-state index < -0.39 is 6.04 Å². The van der Waals surface area contributed by atoms with Gasteiger partial charge in [0.2, 0.25) is 5.91 Å². The fourth-order valence-electron chi connectivity index (χ4n) is 1.83. The third kappa shape index (κ3) is 3.70. The van der Waals surface area contributed by atoms with Gasteiger partial charge in [0.1, 0.15) is 12.0 Å². The molecular weight excluding hydrogens is 266 g/mol. The van der Waals surface area contributed by atoms with Crippen molar-refractivity contribution in [3.8, 4) is 11.3 Å². The SMILES string of the molecule is Cc1nc(-c2ccc(NC(=O)[C@H](N)C(C)(C)C)cc2)co1. The Morgan fingerprint density at radius 1 is 1.29 bits per heavy atom. The van der Waals surface area contributed by atoms with Gasteiger partial charge in [-0.2, -0.15) is 0 Å². The molecule has 0 fully saturated rings. The second kappa shape index (κ2) is 5.69. The summed E-state index contributed by atoms with van der Waals surface area (Å²) in [7, 11) is 0. The summed E-state index contributed by atoms with van der Waals surface area (Å²) < 4.78 is 5.19. The first-order chi connectivity index (χ1) is 9.77. The quantitative estimate of drug-likeness (QED) is 0.909. The van der Waals surface area contributed by atoms with Crippen molar-refractivity contribution in [2.75, 3.05) is 5.32 Å². The van der Waals surface area contributed by atoms with E-state index in [0.717, 1.165) is 11.3 Å². The van der Waals surface area contributed by atoms with E-state index in [9.17, 15) is 4.79 Å². The molecule has 0 aliphatic carbocycles. The van der Waals surface area contributed by atoms with Crippen molar-refractivity contribution in [1.82, 2.24) is 4.98 Å². The topological polar surface area (TPSA) is 81.2 Å². The zero-order valence-corrected chi connectivity index (χ0v) is 12.8. The molecule has 0 spiro atoms. The van der Waals surface area contributed by atoms with Crippen molar-refractivity contribution < 1.29 is 9.21 Å². The largest absolute Gasteiger partial charge is 0.449 e. The van der Waals surface area contributed by atoms with Crippen LogP contribution in [0.2, 0.25) is 0 Å². The Labute approximate surface area is 124 Å².